The molecule has 0 saturated heterocycles. The van der Waals surface area contributed by atoms with E-state index >= 15 is 0 Å². The van der Waals surface area contributed by atoms with Crippen molar-refractivity contribution in [3.8, 4) is 11.5 Å². The average Bonchev–Trinajstić information content (AvgIpc) is 2.60. The summed E-state index contributed by atoms with van der Waals surface area (Å²) in [6.45, 7) is 4.79. The topological polar surface area (TPSA) is 68.9 Å². The smallest absolute Gasteiger partial charge is 0.193 e. The molecular weight excluding hydrogens is 338 g/mol. The van der Waals surface area contributed by atoms with Crippen LogP contribution in [0.15, 0.2) is 47.5 Å². The summed E-state index contributed by atoms with van der Waals surface area (Å²) < 4.78 is 10.3. The summed E-state index contributed by atoms with van der Waals surface area (Å²) in [5.41, 5.74) is 7.77. The van der Waals surface area contributed by atoms with Crippen molar-refractivity contribution in [3.63, 3.8) is 0 Å². The van der Waals surface area contributed by atoms with Crippen molar-refractivity contribution < 1.29 is 9.47 Å². The number of nitrogens with one attached hydrogen (secondary N) is 1. The molecule has 134 valence electrons. The number of hydrogen-bond acceptors (Lipinski definition) is 3. The largest absolute Gasteiger partial charge is 0.497 e. The second-order valence-electron chi connectivity index (χ2n) is 6.29. The monoisotopic (exact) mass is 361 g/mol. The lowest BCUT2D eigenvalue weighted by atomic mass is 9.85. The maximum atomic E-state index is 6.11. The third-order valence-corrected chi connectivity index (χ3v) is 4.24. The van der Waals surface area contributed by atoms with Crippen molar-refractivity contribution >= 4 is 23.2 Å². The molecule has 0 atom stereocenters. The van der Waals surface area contributed by atoms with E-state index in [9.17, 15) is 0 Å². The van der Waals surface area contributed by atoms with Crippen molar-refractivity contribution in [3.05, 3.63) is 53.1 Å². The van der Waals surface area contributed by atoms with Crippen molar-refractivity contribution in [2.24, 2.45) is 10.7 Å². The Kier molecular flexibility index (Phi) is 6.15. The molecule has 0 aliphatic carbocycles. The van der Waals surface area contributed by atoms with Gasteiger partial charge in [0, 0.05) is 11.1 Å². The first-order chi connectivity index (χ1) is 11.9. The molecule has 0 saturated carbocycles. The minimum Gasteiger partial charge on any atom is -0.497 e. The highest BCUT2D eigenvalue weighted by Gasteiger charge is 2.20. The summed E-state index contributed by atoms with van der Waals surface area (Å²) in [6, 6.07) is 13.3. The SMILES string of the molecule is COc1ccc(C(C)(C)CN=C(N)Nc2ccc(OC)c(Cl)c2)cc1. The Bertz CT molecular complexity index is 743. The normalized spacial score (nSPS) is 12.0. The third-order valence-electron chi connectivity index (χ3n) is 3.94. The Labute approximate surface area is 153 Å². The van der Waals surface area contributed by atoms with Crippen molar-refractivity contribution in [1.82, 2.24) is 0 Å². The summed E-state index contributed by atoms with van der Waals surface area (Å²) in [6.07, 6.45) is 0. The number of aliphatic imine (C=N–C) groups is 1. The zero-order valence-corrected chi connectivity index (χ0v) is 15.7. The van der Waals surface area contributed by atoms with E-state index in [4.69, 9.17) is 26.8 Å². The molecule has 2 rings (SSSR count). The van der Waals surface area contributed by atoms with Gasteiger partial charge in [-0.2, -0.15) is 0 Å². The number of guanidine groups is 1. The fourth-order valence-electron chi connectivity index (χ4n) is 2.35. The zero-order valence-electron chi connectivity index (χ0n) is 15.0. The average molecular weight is 362 g/mol. The van der Waals surface area contributed by atoms with Crippen LogP contribution >= 0.6 is 11.6 Å². The molecule has 0 bridgehead atoms. The van der Waals surface area contributed by atoms with Crippen LogP contribution in [0.3, 0.4) is 0 Å². The number of nitrogens with two attached hydrogens (primary N) is 1. The number of rotatable bonds is 6. The highest BCUT2D eigenvalue weighted by Crippen LogP contribution is 2.28. The summed E-state index contributed by atoms with van der Waals surface area (Å²) >= 11 is 6.11. The first-order valence-corrected chi connectivity index (χ1v) is 8.28. The van der Waals surface area contributed by atoms with Gasteiger partial charge in [-0.1, -0.05) is 37.6 Å². The van der Waals surface area contributed by atoms with E-state index in [0.717, 1.165) is 17.0 Å². The second kappa shape index (κ2) is 8.12. The van der Waals surface area contributed by atoms with Crippen LogP contribution in [-0.4, -0.2) is 26.7 Å². The zero-order chi connectivity index (χ0) is 18.4. The van der Waals surface area contributed by atoms with Gasteiger partial charge in [0.2, 0.25) is 0 Å². The predicted octanol–water partition coefficient (Wildman–Crippen LogP) is 4.06. The van der Waals surface area contributed by atoms with Crippen LogP contribution in [0.25, 0.3) is 0 Å². The van der Waals surface area contributed by atoms with Gasteiger partial charge in [0.15, 0.2) is 5.96 Å². The minimum absolute atomic E-state index is 0.157. The van der Waals surface area contributed by atoms with Crippen molar-refractivity contribution in [2.75, 3.05) is 26.1 Å². The summed E-state index contributed by atoms with van der Waals surface area (Å²) in [7, 11) is 3.23. The van der Waals surface area contributed by atoms with E-state index in [2.05, 4.69) is 24.2 Å². The Balaban J connectivity index is 2.04. The molecule has 2 aromatic carbocycles. The molecule has 0 fully saturated rings. The molecule has 0 spiro atoms. The highest BCUT2D eigenvalue weighted by molar-refractivity contribution is 6.32. The molecule has 0 heterocycles. The lowest BCUT2D eigenvalue weighted by Crippen LogP contribution is -2.27. The van der Waals surface area contributed by atoms with Gasteiger partial charge < -0.3 is 20.5 Å². The van der Waals surface area contributed by atoms with E-state index in [1.807, 2.05) is 30.3 Å². The number of ether oxygens (including phenoxy) is 2. The van der Waals surface area contributed by atoms with Crippen LogP contribution < -0.4 is 20.5 Å². The van der Waals surface area contributed by atoms with Gasteiger partial charge in [-0.05, 0) is 35.9 Å². The van der Waals surface area contributed by atoms with E-state index in [-0.39, 0.29) is 5.41 Å². The Morgan fingerprint density at radius 1 is 1.12 bits per heavy atom. The molecule has 0 aliphatic rings. The van der Waals surface area contributed by atoms with Crippen molar-refractivity contribution in [2.45, 2.75) is 19.3 Å². The fraction of sp³-hybridized carbons (Fsp3) is 0.316. The molecule has 5 nitrogen and oxygen atoms in total. The summed E-state index contributed by atoms with van der Waals surface area (Å²) in [4.78, 5) is 4.46. The van der Waals surface area contributed by atoms with Gasteiger partial charge in [-0.25, -0.2) is 0 Å². The molecule has 0 amide bonds. The van der Waals surface area contributed by atoms with Gasteiger partial charge in [0.25, 0.3) is 0 Å². The number of methoxy groups -OCH3 is 2. The first kappa shape index (κ1) is 18.9. The van der Waals surface area contributed by atoms with Crippen LogP contribution in [-0.2, 0) is 5.41 Å². The molecule has 3 N–H and O–H groups in total. The predicted molar refractivity (Wildman–Crippen MR) is 104 cm³/mol. The van der Waals surface area contributed by atoms with E-state index in [1.165, 1.54) is 0 Å². The van der Waals surface area contributed by atoms with Gasteiger partial charge in [0.05, 0.1) is 25.8 Å². The van der Waals surface area contributed by atoms with Crippen LogP contribution in [0.2, 0.25) is 5.02 Å². The Morgan fingerprint density at radius 3 is 2.36 bits per heavy atom. The molecule has 0 unspecified atom stereocenters. The molecule has 0 aromatic heterocycles. The molecule has 0 aliphatic heterocycles. The molecule has 2 aromatic rings. The van der Waals surface area contributed by atoms with Gasteiger partial charge in [-0.3, -0.25) is 4.99 Å². The molecular formula is C19H24ClN3O2. The van der Waals surface area contributed by atoms with E-state index in [0.29, 0.717) is 23.3 Å². The number of nitrogens with zero attached hydrogens (tertiary/aromatic N) is 1. The number of halogens is 1. The maximum Gasteiger partial charge on any atom is 0.193 e. The van der Waals surface area contributed by atoms with Gasteiger partial charge in [-0.15, -0.1) is 0 Å². The molecule has 6 heteroatoms. The first-order valence-electron chi connectivity index (χ1n) is 7.91. The third kappa shape index (κ3) is 5.03. The second-order valence-corrected chi connectivity index (χ2v) is 6.70. The van der Waals surface area contributed by atoms with Crippen LogP contribution in [0, 0.1) is 0 Å². The summed E-state index contributed by atoms with van der Waals surface area (Å²) in [5, 5.41) is 3.56. The number of benzene rings is 2. The quantitative estimate of drug-likeness (QED) is 0.601. The van der Waals surface area contributed by atoms with Crippen LogP contribution in [0.4, 0.5) is 5.69 Å². The highest BCUT2D eigenvalue weighted by atomic mass is 35.5. The lowest BCUT2D eigenvalue weighted by Gasteiger charge is -2.23. The molecule has 25 heavy (non-hydrogen) atoms. The lowest BCUT2D eigenvalue weighted by molar-refractivity contribution is 0.414. The Hall–Kier alpha value is -2.40. The number of hydrogen-bond donors (Lipinski definition) is 2. The molecule has 0 radical (unpaired) electrons. The van der Waals surface area contributed by atoms with Crippen LogP contribution in [0.5, 0.6) is 11.5 Å². The van der Waals surface area contributed by atoms with Gasteiger partial charge >= 0.3 is 0 Å². The number of anilines is 1. The fourth-order valence-corrected chi connectivity index (χ4v) is 2.61. The minimum atomic E-state index is -0.157. The van der Waals surface area contributed by atoms with E-state index in [1.54, 1.807) is 26.4 Å². The Morgan fingerprint density at radius 2 is 1.80 bits per heavy atom. The van der Waals surface area contributed by atoms with E-state index < -0.39 is 0 Å². The maximum absolute atomic E-state index is 6.11. The summed E-state index contributed by atoms with van der Waals surface area (Å²) in [5.74, 6) is 1.78. The van der Waals surface area contributed by atoms with Crippen LogP contribution in [0.1, 0.15) is 19.4 Å². The van der Waals surface area contributed by atoms with Gasteiger partial charge in [0.1, 0.15) is 11.5 Å². The standard InChI is InChI=1S/C19H24ClN3O2/c1-19(2,13-5-8-15(24-3)9-6-13)12-22-18(21)23-14-7-10-17(25-4)16(20)11-14/h5-11H,12H2,1-4H3,(H3,21,22,23). The van der Waals surface area contributed by atoms with Crippen molar-refractivity contribution in [1.29, 1.82) is 0 Å².